The van der Waals surface area contributed by atoms with Crippen molar-refractivity contribution in [2.75, 3.05) is 0 Å². The summed E-state index contributed by atoms with van der Waals surface area (Å²) >= 11 is 0. The smallest absolute Gasteiger partial charge is 0.356 e. The van der Waals surface area contributed by atoms with E-state index in [1.54, 1.807) is 6.92 Å². The Morgan fingerprint density at radius 3 is 2.00 bits per heavy atom. The van der Waals surface area contributed by atoms with Crippen molar-refractivity contribution in [3.63, 3.8) is 0 Å². The van der Waals surface area contributed by atoms with Crippen molar-refractivity contribution in [3.8, 4) is 0 Å². The Morgan fingerprint density at radius 1 is 1.35 bits per heavy atom. The van der Waals surface area contributed by atoms with E-state index in [-0.39, 0.29) is 12.1 Å². The highest BCUT2D eigenvalue weighted by Crippen LogP contribution is 2.52. The van der Waals surface area contributed by atoms with Gasteiger partial charge in [-0.2, -0.15) is 0 Å². The molecule has 1 aromatic rings. The Labute approximate surface area is 101 Å². The summed E-state index contributed by atoms with van der Waals surface area (Å²) in [6.07, 6.45) is -0.254. The second-order valence-electron chi connectivity index (χ2n) is 4.02. The van der Waals surface area contributed by atoms with Crippen LogP contribution in [0.4, 0.5) is 0 Å². The number of nitrogens with two attached hydrogens (primary N) is 1. The molecule has 1 saturated heterocycles. The molecule has 0 radical (unpaired) electrons. The van der Waals surface area contributed by atoms with Crippen LogP contribution in [0.5, 0.6) is 0 Å². The third kappa shape index (κ3) is 4.98. The standard InChI is InChI=1S/C8H11N.C3H7O4P/c1-7(9)8-5-3-2-4-6-8;1-2-3(7-2)8(4,5)6/h2-7H,9H2,1H3;2-3H,1H3,(H2,4,5,6)/t7-;2-,3+/m10/s1. The van der Waals surface area contributed by atoms with Crippen molar-refractivity contribution >= 4 is 7.60 Å². The van der Waals surface area contributed by atoms with Crippen molar-refractivity contribution in [3.05, 3.63) is 35.9 Å². The van der Waals surface area contributed by atoms with Gasteiger partial charge in [-0.15, -0.1) is 0 Å². The number of rotatable bonds is 2. The highest BCUT2D eigenvalue weighted by atomic mass is 31.2. The van der Waals surface area contributed by atoms with Gasteiger partial charge < -0.3 is 20.3 Å². The van der Waals surface area contributed by atoms with Crippen LogP contribution in [-0.2, 0) is 9.30 Å². The topological polar surface area (TPSA) is 96.1 Å². The highest BCUT2D eigenvalue weighted by molar-refractivity contribution is 7.52. The molecular weight excluding hydrogens is 241 g/mol. The second-order valence-corrected chi connectivity index (χ2v) is 5.71. The van der Waals surface area contributed by atoms with Gasteiger partial charge in [0.15, 0.2) is 5.85 Å². The quantitative estimate of drug-likeness (QED) is 0.554. The van der Waals surface area contributed by atoms with Crippen LogP contribution < -0.4 is 5.73 Å². The van der Waals surface area contributed by atoms with Crippen LogP contribution >= 0.6 is 7.60 Å². The van der Waals surface area contributed by atoms with Gasteiger partial charge in [0, 0.05) is 6.04 Å². The maximum atomic E-state index is 10.2. The molecule has 0 aromatic heterocycles. The van der Waals surface area contributed by atoms with Crippen molar-refractivity contribution in [1.82, 2.24) is 0 Å². The molecule has 1 aromatic carbocycles. The van der Waals surface area contributed by atoms with E-state index in [2.05, 4.69) is 4.74 Å². The lowest BCUT2D eigenvalue weighted by Crippen LogP contribution is -2.03. The molecule has 0 unspecified atom stereocenters. The van der Waals surface area contributed by atoms with Gasteiger partial charge in [-0.05, 0) is 19.4 Å². The third-order valence-electron chi connectivity index (χ3n) is 2.34. The van der Waals surface area contributed by atoms with E-state index < -0.39 is 13.4 Å². The summed E-state index contributed by atoms with van der Waals surface area (Å²) in [6.45, 7) is 3.61. The summed E-state index contributed by atoms with van der Waals surface area (Å²) < 4.78 is 14.7. The van der Waals surface area contributed by atoms with Gasteiger partial charge in [0.1, 0.15) is 0 Å². The van der Waals surface area contributed by atoms with Gasteiger partial charge >= 0.3 is 7.60 Å². The fourth-order valence-electron chi connectivity index (χ4n) is 1.28. The summed E-state index contributed by atoms with van der Waals surface area (Å²) in [5, 5.41) is 0. The maximum absolute atomic E-state index is 10.2. The van der Waals surface area contributed by atoms with Gasteiger partial charge in [0.25, 0.3) is 0 Å². The monoisotopic (exact) mass is 259 g/mol. The largest absolute Gasteiger partial charge is 0.356 e. The van der Waals surface area contributed by atoms with E-state index in [1.807, 2.05) is 37.3 Å². The van der Waals surface area contributed by atoms with E-state index in [9.17, 15) is 4.57 Å². The molecule has 1 fully saturated rings. The molecule has 3 atom stereocenters. The Morgan fingerprint density at radius 2 is 1.82 bits per heavy atom. The van der Waals surface area contributed by atoms with Crippen molar-refractivity contribution in [2.24, 2.45) is 5.73 Å². The SMILES string of the molecule is C[C@@H](N)c1ccccc1.C[C@@H]1O[C@@H]1P(=O)(O)O. The first kappa shape index (κ1) is 14.4. The summed E-state index contributed by atoms with van der Waals surface area (Å²) in [7, 11) is -3.90. The first-order valence-corrected chi connectivity index (χ1v) is 7.01. The lowest BCUT2D eigenvalue weighted by molar-refractivity contribution is 0.333. The van der Waals surface area contributed by atoms with Crippen molar-refractivity contribution < 1.29 is 19.1 Å². The third-order valence-corrected chi connectivity index (χ3v) is 3.54. The zero-order valence-electron chi connectivity index (χ0n) is 9.85. The van der Waals surface area contributed by atoms with Gasteiger partial charge in [-0.3, -0.25) is 4.57 Å². The molecule has 0 amide bonds. The Balaban J connectivity index is 0.000000171. The molecule has 4 N–H and O–H groups in total. The molecule has 0 spiro atoms. The van der Waals surface area contributed by atoms with Crippen LogP contribution in [0, 0.1) is 0 Å². The van der Waals surface area contributed by atoms with Crippen molar-refractivity contribution in [2.45, 2.75) is 31.8 Å². The summed E-state index contributed by atoms with van der Waals surface area (Å²) in [4.78, 5) is 16.6. The number of hydrogen-bond donors (Lipinski definition) is 3. The van der Waals surface area contributed by atoms with E-state index >= 15 is 0 Å². The first-order valence-electron chi connectivity index (χ1n) is 5.33. The van der Waals surface area contributed by atoms with E-state index in [1.165, 1.54) is 5.56 Å². The fraction of sp³-hybridized carbons (Fsp3) is 0.455. The second kappa shape index (κ2) is 5.76. The minimum absolute atomic E-state index is 0.159. The Kier molecular flexibility index (Phi) is 4.86. The molecule has 0 aliphatic carbocycles. The van der Waals surface area contributed by atoms with Crippen LogP contribution in [0.25, 0.3) is 0 Å². The Hall–Kier alpha value is -0.710. The molecule has 2 rings (SSSR count). The molecule has 17 heavy (non-hydrogen) atoms. The van der Waals surface area contributed by atoms with Gasteiger partial charge in [0.05, 0.1) is 6.10 Å². The lowest BCUT2D eigenvalue weighted by Gasteiger charge is -2.02. The predicted octanol–water partition coefficient (Wildman–Crippen LogP) is 1.62. The lowest BCUT2D eigenvalue weighted by atomic mass is 10.1. The molecule has 96 valence electrons. The molecule has 0 saturated carbocycles. The fourth-order valence-corrected chi connectivity index (χ4v) is 2.18. The summed E-state index contributed by atoms with van der Waals surface area (Å²) in [5.74, 6) is -0.817. The number of benzene rings is 1. The van der Waals surface area contributed by atoms with Gasteiger partial charge in [0.2, 0.25) is 0 Å². The van der Waals surface area contributed by atoms with Crippen molar-refractivity contribution in [1.29, 1.82) is 0 Å². The summed E-state index contributed by atoms with van der Waals surface area (Å²) in [5.41, 5.74) is 6.81. The number of hydrogen-bond acceptors (Lipinski definition) is 3. The van der Waals surface area contributed by atoms with Gasteiger partial charge in [-0.25, -0.2) is 0 Å². The number of ether oxygens (including phenoxy) is 1. The maximum Gasteiger partial charge on any atom is 0.356 e. The van der Waals surface area contributed by atoms with Crippen LogP contribution in [-0.4, -0.2) is 21.7 Å². The van der Waals surface area contributed by atoms with Crippen LogP contribution in [0.1, 0.15) is 25.5 Å². The van der Waals surface area contributed by atoms with E-state index in [4.69, 9.17) is 15.5 Å². The molecular formula is C11H18NO4P. The highest BCUT2D eigenvalue weighted by Gasteiger charge is 2.48. The normalized spacial score (nSPS) is 24.5. The number of epoxide rings is 1. The Bertz CT molecular complexity index is 390. The zero-order chi connectivity index (χ0) is 13.1. The van der Waals surface area contributed by atoms with Crippen LogP contribution in [0.15, 0.2) is 30.3 Å². The summed E-state index contributed by atoms with van der Waals surface area (Å²) in [6, 6.07) is 10.2. The minimum atomic E-state index is -3.90. The van der Waals surface area contributed by atoms with E-state index in [0.29, 0.717) is 0 Å². The van der Waals surface area contributed by atoms with Crippen LogP contribution in [0.2, 0.25) is 0 Å². The van der Waals surface area contributed by atoms with Gasteiger partial charge in [-0.1, -0.05) is 30.3 Å². The van der Waals surface area contributed by atoms with E-state index in [0.717, 1.165) is 0 Å². The minimum Gasteiger partial charge on any atom is -0.356 e. The predicted molar refractivity (Wildman–Crippen MR) is 65.4 cm³/mol. The molecule has 6 heteroatoms. The molecule has 1 aliphatic heterocycles. The molecule has 1 aliphatic rings. The average molecular weight is 259 g/mol. The molecule has 0 bridgehead atoms. The molecule has 1 heterocycles. The zero-order valence-corrected chi connectivity index (χ0v) is 10.7. The first-order chi connectivity index (χ1) is 7.82. The average Bonchev–Trinajstić information content (AvgIpc) is 2.98. The van der Waals surface area contributed by atoms with Crippen LogP contribution in [0.3, 0.4) is 0 Å². The molecule has 5 nitrogen and oxygen atoms in total.